The van der Waals surface area contributed by atoms with Crippen LogP contribution in [-0.4, -0.2) is 29.7 Å². The maximum Gasteiger partial charge on any atom is 0.162 e. The minimum absolute atomic E-state index is 0.595. The first-order chi connectivity index (χ1) is 10.3. The Labute approximate surface area is 128 Å². The number of benzene rings is 1. The van der Waals surface area contributed by atoms with Gasteiger partial charge in [-0.3, -0.25) is 0 Å². The maximum atomic E-state index is 5.61. The van der Waals surface area contributed by atoms with Crippen molar-refractivity contribution in [2.24, 2.45) is 0 Å². The molecular formula is C15H17N3O2S. The number of anilines is 1. The van der Waals surface area contributed by atoms with Gasteiger partial charge in [-0.15, -0.1) is 0 Å². The summed E-state index contributed by atoms with van der Waals surface area (Å²) >= 11 is 1.60. The van der Waals surface area contributed by atoms with E-state index in [-0.39, 0.29) is 0 Å². The predicted molar refractivity (Wildman–Crippen MR) is 82.5 cm³/mol. The molecule has 0 aliphatic carbocycles. The molecule has 6 heteroatoms. The number of nitrogens with one attached hydrogen (secondary N) is 1. The molecule has 0 saturated carbocycles. The van der Waals surface area contributed by atoms with Crippen molar-refractivity contribution in [2.75, 3.05) is 25.1 Å². The van der Waals surface area contributed by atoms with Gasteiger partial charge in [-0.05, 0) is 32.0 Å². The van der Waals surface area contributed by atoms with E-state index in [1.165, 1.54) is 0 Å². The van der Waals surface area contributed by atoms with Crippen LogP contribution in [0.5, 0.6) is 11.5 Å². The zero-order valence-electron chi connectivity index (χ0n) is 12.0. The second-order valence-electron chi connectivity index (χ2n) is 4.59. The third kappa shape index (κ3) is 3.05. The molecule has 1 aliphatic rings. The molecule has 0 saturated heterocycles. The molecule has 0 bridgehead atoms. The summed E-state index contributed by atoms with van der Waals surface area (Å²) in [7, 11) is 0. The van der Waals surface area contributed by atoms with Crippen LogP contribution in [-0.2, 0) is 0 Å². The first-order valence-corrected chi connectivity index (χ1v) is 7.72. The monoisotopic (exact) mass is 303 g/mol. The SMILES string of the molecule is CCNc1ncnc(Sc2ccc3c(c2)OCCO3)c1C. The van der Waals surface area contributed by atoms with Crippen molar-refractivity contribution >= 4 is 17.6 Å². The van der Waals surface area contributed by atoms with E-state index in [1.54, 1.807) is 18.1 Å². The molecule has 3 rings (SSSR count). The van der Waals surface area contributed by atoms with Crippen LogP contribution < -0.4 is 14.8 Å². The van der Waals surface area contributed by atoms with E-state index in [1.807, 2.05) is 25.1 Å². The molecule has 0 atom stereocenters. The second kappa shape index (κ2) is 6.22. The molecular weight excluding hydrogens is 286 g/mol. The summed E-state index contributed by atoms with van der Waals surface area (Å²) in [6, 6.07) is 5.96. The fourth-order valence-electron chi connectivity index (χ4n) is 2.08. The molecule has 110 valence electrons. The van der Waals surface area contributed by atoms with Crippen LogP contribution in [0.3, 0.4) is 0 Å². The van der Waals surface area contributed by atoms with Crippen molar-refractivity contribution in [1.82, 2.24) is 9.97 Å². The lowest BCUT2D eigenvalue weighted by molar-refractivity contribution is 0.171. The van der Waals surface area contributed by atoms with E-state index >= 15 is 0 Å². The van der Waals surface area contributed by atoms with Gasteiger partial charge < -0.3 is 14.8 Å². The topological polar surface area (TPSA) is 56.3 Å². The summed E-state index contributed by atoms with van der Waals surface area (Å²) in [4.78, 5) is 9.70. The molecule has 0 fully saturated rings. The Balaban J connectivity index is 1.85. The summed E-state index contributed by atoms with van der Waals surface area (Å²) in [6.45, 7) is 6.12. The molecule has 0 radical (unpaired) electrons. The van der Waals surface area contributed by atoms with Crippen molar-refractivity contribution in [3.8, 4) is 11.5 Å². The summed E-state index contributed by atoms with van der Waals surface area (Å²) in [6.07, 6.45) is 1.59. The fourth-order valence-corrected chi connectivity index (χ4v) is 2.96. The zero-order valence-corrected chi connectivity index (χ0v) is 12.9. The number of hydrogen-bond donors (Lipinski definition) is 1. The molecule has 2 aromatic rings. The first-order valence-electron chi connectivity index (χ1n) is 6.91. The van der Waals surface area contributed by atoms with Gasteiger partial charge in [0.15, 0.2) is 11.5 Å². The van der Waals surface area contributed by atoms with Crippen LogP contribution in [0.2, 0.25) is 0 Å². The van der Waals surface area contributed by atoms with Crippen LogP contribution in [0.4, 0.5) is 5.82 Å². The van der Waals surface area contributed by atoms with Crippen LogP contribution >= 0.6 is 11.8 Å². The Morgan fingerprint density at radius 3 is 2.81 bits per heavy atom. The molecule has 5 nitrogen and oxygen atoms in total. The van der Waals surface area contributed by atoms with Crippen LogP contribution in [0.1, 0.15) is 12.5 Å². The Bertz CT molecular complexity index is 649. The van der Waals surface area contributed by atoms with Gasteiger partial charge in [-0.1, -0.05) is 11.8 Å². The van der Waals surface area contributed by atoms with Crippen molar-refractivity contribution < 1.29 is 9.47 Å². The Morgan fingerprint density at radius 1 is 1.19 bits per heavy atom. The third-order valence-electron chi connectivity index (χ3n) is 3.11. The quantitative estimate of drug-likeness (QED) is 0.876. The van der Waals surface area contributed by atoms with Gasteiger partial charge in [-0.25, -0.2) is 9.97 Å². The van der Waals surface area contributed by atoms with Gasteiger partial charge in [0, 0.05) is 17.0 Å². The van der Waals surface area contributed by atoms with E-state index in [4.69, 9.17) is 9.47 Å². The minimum Gasteiger partial charge on any atom is -0.486 e. The highest BCUT2D eigenvalue weighted by atomic mass is 32.2. The highest BCUT2D eigenvalue weighted by Gasteiger charge is 2.14. The number of nitrogens with zero attached hydrogens (tertiary/aromatic N) is 2. The largest absolute Gasteiger partial charge is 0.486 e. The summed E-state index contributed by atoms with van der Waals surface area (Å²) < 4.78 is 11.1. The fraction of sp³-hybridized carbons (Fsp3) is 0.333. The molecule has 2 heterocycles. The van der Waals surface area contributed by atoms with E-state index in [0.29, 0.717) is 13.2 Å². The van der Waals surface area contributed by atoms with Gasteiger partial charge >= 0.3 is 0 Å². The van der Waals surface area contributed by atoms with Gasteiger partial charge in [0.2, 0.25) is 0 Å². The van der Waals surface area contributed by atoms with Gasteiger partial charge in [-0.2, -0.15) is 0 Å². The van der Waals surface area contributed by atoms with Crippen molar-refractivity contribution in [3.05, 3.63) is 30.1 Å². The lowest BCUT2D eigenvalue weighted by Crippen LogP contribution is -2.15. The van der Waals surface area contributed by atoms with Crippen LogP contribution in [0.15, 0.2) is 34.4 Å². The highest BCUT2D eigenvalue weighted by molar-refractivity contribution is 7.99. The zero-order chi connectivity index (χ0) is 14.7. The number of hydrogen-bond acceptors (Lipinski definition) is 6. The number of aromatic nitrogens is 2. The molecule has 21 heavy (non-hydrogen) atoms. The summed E-state index contributed by atoms with van der Waals surface area (Å²) in [5, 5.41) is 4.19. The van der Waals surface area contributed by atoms with E-state index < -0.39 is 0 Å². The molecule has 1 aromatic heterocycles. The predicted octanol–water partition coefficient (Wildman–Crippen LogP) is 3.14. The normalized spacial score (nSPS) is 13.0. The van der Waals surface area contributed by atoms with Crippen molar-refractivity contribution in [1.29, 1.82) is 0 Å². The van der Waals surface area contributed by atoms with Gasteiger partial charge in [0.1, 0.15) is 30.4 Å². The lowest BCUT2D eigenvalue weighted by atomic mass is 10.3. The van der Waals surface area contributed by atoms with E-state index in [9.17, 15) is 0 Å². The highest BCUT2D eigenvalue weighted by Crippen LogP contribution is 2.37. The van der Waals surface area contributed by atoms with E-state index in [2.05, 4.69) is 22.2 Å². The molecule has 0 amide bonds. The Kier molecular flexibility index (Phi) is 4.15. The smallest absolute Gasteiger partial charge is 0.162 e. The van der Waals surface area contributed by atoms with E-state index in [0.717, 1.165) is 39.3 Å². The van der Waals surface area contributed by atoms with Crippen LogP contribution in [0, 0.1) is 6.92 Å². The molecule has 1 N–H and O–H groups in total. The molecule has 0 unspecified atom stereocenters. The second-order valence-corrected chi connectivity index (χ2v) is 5.65. The molecule has 0 spiro atoms. The van der Waals surface area contributed by atoms with Crippen molar-refractivity contribution in [3.63, 3.8) is 0 Å². The third-order valence-corrected chi connectivity index (χ3v) is 4.20. The molecule has 1 aromatic carbocycles. The average Bonchev–Trinajstić information content (AvgIpc) is 2.51. The van der Waals surface area contributed by atoms with Gasteiger partial charge in [0.25, 0.3) is 0 Å². The van der Waals surface area contributed by atoms with Gasteiger partial charge in [0.05, 0.1) is 0 Å². The van der Waals surface area contributed by atoms with Crippen LogP contribution in [0.25, 0.3) is 0 Å². The number of ether oxygens (including phenoxy) is 2. The first kappa shape index (κ1) is 14.0. The summed E-state index contributed by atoms with van der Waals surface area (Å²) in [5.74, 6) is 2.48. The molecule has 1 aliphatic heterocycles. The van der Waals surface area contributed by atoms with Crippen molar-refractivity contribution in [2.45, 2.75) is 23.8 Å². The Hall–Kier alpha value is -1.95. The summed E-state index contributed by atoms with van der Waals surface area (Å²) in [5.41, 5.74) is 1.05. The standard InChI is InChI=1S/C15H17N3O2S/c1-3-16-14-10(2)15(18-9-17-14)21-11-4-5-12-13(8-11)20-7-6-19-12/h4-5,8-9H,3,6-7H2,1-2H3,(H,16,17,18). The average molecular weight is 303 g/mol. The maximum absolute atomic E-state index is 5.61. The number of rotatable bonds is 4. The lowest BCUT2D eigenvalue weighted by Gasteiger charge is -2.18. The Morgan fingerprint density at radius 2 is 2.00 bits per heavy atom. The minimum atomic E-state index is 0.595. The number of fused-ring (bicyclic) bond motifs is 1.